The molecule has 9 heteroatoms. The fraction of sp³-hybridized carbons (Fsp3) is 0.0968. The molecule has 0 bridgehead atoms. The number of nitrogens with one attached hydrogen (secondary N) is 3. The molecule has 4 aromatic carbocycles. The minimum atomic E-state index is -0.453. The summed E-state index contributed by atoms with van der Waals surface area (Å²) in [6, 6.07) is 32.3. The van der Waals surface area contributed by atoms with Gasteiger partial charge in [0.05, 0.1) is 18.0 Å². The van der Waals surface area contributed by atoms with Crippen LogP contribution in [0.1, 0.15) is 18.3 Å². The molecule has 0 fully saturated rings. The van der Waals surface area contributed by atoms with E-state index in [0.717, 1.165) is 39.1 Å². The van der Waals surface area contributed by atoms with E-state index >= 15 is 0 Å². The van der Waals surface area contributed by atoms with Crippen molar-refractivity contribution in [3.05, 3.63) is 115 Å². The lowest BCUT2D eigenvalue weighted by Gasteiger charge is -2.14. The van der Waals surface area contributed by atoms with Crippen LogP contribution in [0, 0.1) is 0 Å². The lowest BCUT2D eigenvalue weighted by atomic mass is 10.1. The number of H-pyrrole nitrogens is 1. The number of amides is 1. The molecule has 2 heterocycles. The summed E-state index contributed by atoms with van der Waals surface area (Å²) < 4.78 is 1.99. The molecule has 2 aromatic heterocycles. The molecule has 0 saturated carbocycles. The monoisotopic (exact) mass is 545 g/mol. The van der Waals surface area contributed by atoms with Gasteiger partial charge in [-0.3, -0.25) is 9.36 Å². The van der Waals surface area contributed by atoms with Crippen molar-refractivity contribution in [1.29, 1.82) is 0 Å². The zero-order valence-corrected chi connectivity index (χ0v) is 22.6. The summed E-state index contributed by atoms with van der Waals surface area (Å²) in [7, 11) is 0. The van der Waals surface area contributed by atoms with Crippen LogP contribution in [0.25, 0.3) is 27.4 Å². The zero-order chi connectivity index (χ0) is 27.3. The topological polar surface area (TPSA) is 100.0 Å². The van der Waals surface area contributed by atoms with Crippen LogP contribution < -0.4 is 10.7 Å². The molecule has 0 unspecified atom stereocenters. The quantitative estimate of drug-likeness (QED) is 0.115. The third-order valence-corrected chi connectivity index (χ3v) is 7.64. The van der Waals surface area contributed by atoms with Crippen LogP contribution in [-0.4, -0.2) is 37.1 Å². The first-order valence-corrected chi connectivity index (χ1v) is 13.8. The number of rotatable bonds is 9. The van der Waals surface area contributed by atoms with Gasteiger partial charge in [-0.05, 0) is 36.6 Å². The summed E-state index contributed by atoms with van der Waals surface area (Å²) in [4.78, 5) is 16.1. The molecule has 40 heavy (non-hydrogen) atoms. The fourth-order valence-corrected chi connectivity index (χ4v) is 5.43. The largest absolute Gasteiger partial charge is 0.377 e. The Kier molecular flexibility index (Phi) is 7.28. The number of thioether (sulfide) groups is 1. The second-order valence-corrected chi connectivity index (χ2v) is 10.5. The highest BCUT2D eigenvalue weighted by Crippen LogP contribution is 2.28. The summed E-state index contributed by atoms with van der Waals surface area (Å²) in [5.41, 5.74) is 6.54. The number of benzene rings is 4. The van der Waals surface area contributed by atoms with Crippen molar-refractivity contribution >= 4 is 51.2 Å². The Balaban J connectivity index is 1.18. The zero-order valence-electron chi connectivity index (χ0n) is 21.8. The number of para-hydroxylation sites is 2. The number of carbonyl (C=O) groups excluding carboxylic acids is 1. The molecule has 1 atom stereocenters. The van der Waals surface area contributed by atoms with Gasteiger partial charge in [0, 0.05) is 39.4 Å². The van der Waals surface area contributed by atoms with E-state index < -0.39 is 5.25 Å². The Morgan fingerprint density at radius 3 is 2.58 bits per heavy atom. The molecular formula is C31H27N7OS. The number of nitrogens with zero attached hydrogens (tertiary/aromatic N) is 4. The molecular weight excluding hydrogens is 518 g/mol. The Morgan fingerprint density at radius 2 is 1.70 bits per heavy atom. The molecule has 0 aliphatic carbocycles. The van der Waals surface area contributed by atoms with Crippen molar-refractivity contribution in [2.45, 2.75) is 23.9 Å². The van der Waals surface area contributed by atoms with Crippen molar-refractivity contribution in [2.24, 2.45) is 5.10 Å². The molecule has 198 valence electrons. The third kappa shape index (κ3) is 5.32. The smallest absolute Gasteiger partial charge is 0.253 e. The maximum Gasteiger partial charge on any atom is 0.253 e. The van der Waals surface area contributed by atoms with E-state index in [1.807, 2.05) is 90.5 Å². The Bertz CT molecular complexity index is 1800. The second-order valence-electron chi connectivity index (χ2n) is 9.23. The van der Waals surface area contributed by atoms with E-state index in [1.165, 1.54) is 17.1 Å². The lowest BCUT2D eigenvalue weighted by molar-refractivity contribution is -0.120. The Hall–Kier alpha value is -4.89. The first-order valence-electron chi connectivity index (χ1n) is 12.9. The molecule has 0 spiro atoms. The Morgan fingerprint density at radius 1 is 0.950 bits per heavy atom. The molecule has 3 N–H and O–H groups in total. The molecule has 0 radical (unpaired) electrons. The summed E-state index contributed by atoms with van der Waals surface area (Å²) in [6.07, 6.45) is 3.52. The molecule has 0 aliphatic rings. The van der Waals surface area contributed by atoms with Crippen molar-refractivity contribution < 1.29 is 4.79 Å². The minimum absolute atomic E-state index is 0.223. The number of anilines is 1. The normalized spacial score (nSPS) is 12.2. The van der Waals surface area contributed by atoms with E-state index in [4.69, 9.17) is 0 Å². The summed E-state index contributed by atoms with van der Waals surface area (Å²) in [5.74, 6) is 0.519. The number of aromatic amines is 1. The molecule has 6 rings (SSSR count). The van der Waals surface area contributed by atoms with Crippen LogP contribution in [0.15, 0.2) is 114 Å². The predicted octanol–water partition coefficient (Wildman–Crippen LogP) is 6.14. The van der Waals surface area contributed by atoms with Crippen LogP contribution in [0.2, 0.25) is 0 Å². The van der Waals surface area contributed by atoms with E-state index in [-0.39, 0.29) is 5.91 Å². The molecule has 8 nitrogen and oxygen atoms in total. The van der Waals surface area contributed by atoms with E-state index in [9.17, 15) is 4.79 Å². The average molecular weight is 546 g/mol. The van der Waals surface area contributed by atoms with Crippen molar-refractivity contribution in [2.75, 3.05) is 5.32 Å². The van der Waals surface area contributed by atoms with Gasteiger partial charge >= 0.3 is 0 Å². The number of hydrazone groups is 1. The van der Waals surface area contributed by atoms with Gasteiger partial charge in [0.1, 0.15) is 0 Å². The van der Waals surface area contributed by atoms with Gasteiger partial charge in [-0.2, -0.15) is 5.10 Å². The number of carbonyl (C=O) groups is 1. The molecule has 0 saturated heterocycles. The van der Waals surface area contributed by atoms with Crippen LogP contribution in [0.5, 0.6) is 0 Å². The molecule has 0 aliphatic heterocycles. The number of aromatic nitrogens is 4. The van der Waals surface area contributed by atoms with Crippen LogP contribution in [0.3, 0.4) is 0 Å². The van der Waals surface area contributed by atoms with Gasteiger partial charge in [-0.25, -0.2) is 5.43 Å². The number of hydrogen-bond donors (Lipinski definition) is 3. The molecule has 6 aromatic rings. The number of fused-ring (bicyclic) bond motifs is 2. The standard InChI is InChI=1S/C31H27N7OS/c1-21(30(39)36-34-19-23-18-32-27-16-8-7-15-26(23)27)40-31-37-35-29(38(31)24-12-3-2-4-13-24)20-33-28-17-9-11-22-10-5-6-14-25(22)28/h2-19,21,32-33H,20H2,1H3,(H,36,39)/t21-/m1/s1. The maximum atomic E-state index is 12.9. The van der Waals surface area contributed by atoms with Gasteiger partial charge in [-0.15, -0.1) is 10.2 Å². The van der Waals surface area contributed by atoms with Gasteiger partial charge < -0.3 is 10.3 Å². The number of hydrogen-bond acceptors (Lipinski definition) is 6. The maximum absolute atomic E-state index is 12.9. The van der Waals surface area contributed by atoms with Crippen LogP contribution in [-0.2, 0) is 11.3 Å². The van der Waals surface area contributed by atoms with Gasteiger partial charge in [0.15, 0.2) is 11.0 Å². The average Bonchev–Trinajstić information content (AvgIpc) is 3.60. The highest BCUT2D eigenvalue weighted by molar-refractivity contribution is 8.00. The van der Waals surface area contributed by atoms with Crippen molar-refractivity contribution in [1.82, 2.24) is 25.2 Å². The summed E-state index contributed by atoms with van der Waals surface area (Å²) >= 11 is 1.34. The molecule has 1 amide bonds. The van der Waals surface area contributed by atoms with Crippen molar-refractivity contribution in [3.8, 4) is 5.69 Å². The Labute approximate surface area is 235 Å². The van der Waals surface area contributed by atoms with E-state index in [0.29, 0.717) is 11.7 Å². The predicted molar refractivity (Wildman–Crippen MR) is 162 cm³/mol. The van der Waals surface area contributed by atoms with Crippen molar-refractivity contribution in [3.63, 3.8) is 0 Å². The second kappa shape index (κ2) is 11.5. The fourth-order valence-electron chi connectivity index (χ4n) is 4.55. The SMILES string of the molecule is C[C@@H](Sc1nnc(CNc2cccc3ccccc23)n1-c1ccccc1)C(=O)NN=Cc1c[nH]c2ccccc12. The summed E-state index contributed by atoms with van der Waals surface area (Å²) in [5, 5.41) is 20.2. The minimum Gasteiger partial charge on any atom is -0.377 e. The van der Waals surface area contributed by atoms with Crippen LogP contribution >= 0.6 is 11.8 Å². The van der Waals surface area contributed by atoms with E-state index in [1.54, 1.807) is 6.21 Å². The first kappa shape index (κ1) is 25.4. The highest BCUT2D eigenvalue weighted by atomic mass is 32.2. The highest BCUT2D eigenvalue weighted by Gasteiger charge is 2.21. The van der Waals surface area contributed by atoms with E-state index in [2.05, 4.69) is 55.3 Å². The first-order chi connectivity index (χ1) is 19.7. The summed E-state index contributed by atoms with van der Waals surface area (Å²) in [6.45, 7) is 2.30. The van der Waals surface area contributed by atoms with Gasteiger partial charge in [-0.1, -0.05) is 84.6 Å². The van der Waals surface area contributed by atoms with Gasteiger partial charge in [0.25, 0.3) is 5.91 Å². The third-order valence-electron chi connectivity index (χ3n) is 6.59. The van der Waals surface area contributed by atoms with Crippen LogP contribution in [0.4, 0.5) is 5.69 Å². The lowest BCUT2D eigenvalue weighted by Crippen LogP contribution is -2.27. The van der Waals surface area contributed by atoms with Gasteiger partial charge in [0.2, 0.25) is 0 Å².